The van der Waals surface area contributed by atoms with Gasteiger partial charge in [0.05, 0.1) is 0 Å². The predicted octanol–water partition coefficient (Wildman–Crippen LogP) is 8.61. The van der Waals surface area contributed by atoms with Crippen molar-refractivity contribution in [2.75, 3.05) is 0 Å². The molecule has 0 heterocycles. The van der Waals surface area contributed by atoms with Crippen molar-refractivity contribution in [1.82, 2.24) is 0 Å². The summed E-state index contributed by atoms with van der Waals surface area (Å²) in [6.07, 6.45) is 16.0. The van der Waals surface area contributed by atoms with Gasteiger partial charge in [-0.15, -0.1) is 0 Å². The zero-order valence-electron chi connectivity index (χ0n) is 18.3. The molecule has 0 radical (unpaired) electrons. The number of hydrogen-bond donors (Lipinski definition) is 0. The first-order valence-electron chi connectivity index (χ1n) is 11.2. The van der Waals surface area contributed by atoms with E-state index in [2.05, 4.69) is 71.0 Å². The Balaban J connectivity index is 2.06. The van der Waals surface area contributed by atoms with Crippen LogP contribution in [0.3, 0.4) is 0 Å². The molecule has 0 aliphatic heterocycles. The van der Waals surface area contributed by atoms with Crippen LogP contribution in [0.5, 0.6) is 0 Å². The Morgan fingerprint density at radius 2 is 1.31 bits per heavy atom. The fourth-order valence-electron chi connectivity index (χ4n) is 3.72. The summed E-state index contributed by atoms with van der Waals surface area (Å²) in [6, 6.07) is 10.8. The maximum absolute atomic E-state index is 2.45. The third-order valence-electron chi connectivity index (χ3n) is 5.67. The molecular weight excluding hydrogens is 312 g/mol. The zero-order valence-corrected chi connectivity index (χ0v) is 18.3. The van der Waals surface area contributed by atoms with E-state index in [1.54, 1.807) is 5.57 Å². The van der Waals surface area contributed by atoms with Crippen molar-refractivity contribution in [2.45, 2.75) is 98.8 Å². The summed E-state index contributed by atoms with van der Waals surface area (Å²) in [6.45, 7) is 11.9. The lowest BCUT2D eigenvalue weighted by Crippen LogP contribution is -2.00. The van der Waals surface area contributed by atoms with Crippen molar-refractivity contribution in [3.8, 4) is 0 Å². The summed E-state index contributed by atoms with van der Waals surface area (Å²) in [5.41, 5.74) is 2.97. The minimum Gasteiger partial charge on any atom is -0.0812 e. The fourth-order valence-corrected chi connectivity index (χ4v) is 3.72. The Morgan fingerprint density at radius 1 is 0.769 bits per heavy atom. The standard InChI is InChI=1S/C26H44/c1-22(2)12-9-13-23(3)14-10-15-24(4)16-11-17-25(5)20-21-26-18-7-6-8-19-26/h6-8,18-20,22-24H,9-17,21H2,1-5H3/b25-20+. The molecule has 0 bridgehead atoms. The molecule has 0 nitrogen and oxygen atoms in total. The highest BCUT2D eigenvalue weighted by Gasteiger charge is 2.06. The summed E-state index contributed by atoms with van der Waals surface area (Å²) >= 11 is 0. The Morgan fingerprint density at radius 3 is 1.88 bits per heavy atom. The van der Waals surface area contributed by atoms with Crippen LogP contribution in [0.2, 0.25) is 0 Å². The van der Waals surface area contributed by atoms with E-state index in [0.29, 0.717) is 0 Å². The van der Waals surface area contributed by atoms with Crippen LogP contribution in [0.4, 0.5) is 0 Å². The second-order valence-corrected chi connectivity index (χ2v) is 9.10. The molecule has 0 heteroatoms. The van der Waals surface area contributed by atoms with Gasteiger partial charge in [0.2, 0.25) is 0 Å². The van der Waals surface area contributed by atoms with Gasteiger partial charge in [-0.25, -0.2) is 0 Å². The maximum Gasteiger partial charge on any atom is -0.00949 e. The molecule has 0 saturated heterocycles. The molecule has 0 aliphatic carbocycles. The second-order valence-electron chi connectivity index (χ2n) is 9.10. The van der Waals surface area contributed by atoms with Gasteiger partial charge < -0.3 is 0 Å². The molecule has 2 unspecified atom stereocenters. The molecule has 1 rings (SSSR count). The van der Waals surface area contributed by atoms with E-state index in [0.717, 1.165) is 24.2 Å². The van der Waals surface area contributed by atoms with Crippen molar-refractivity contribution in [3.63, 3.8) is 0 Å². The molecule has 2 atom stereocenters. The number of allylic oxidation sites excluding steroid dienone is 2. The van der Waals surface area contributed by atoms with Gasteiger partial charge in [-0.2, -0.15) is 0 Å². The molecule has 148 valence electrons. The molecule has 0 N–H and O–H groups in total. The van der Waals surface area contributed by atoms with Gasteiger partial charge in [0.15, 0.2) is 0 Å². The van der Waals surface area contributed by atoms with Crippen LogP contribution in [0.1, 0.15) is 98.0 Å². The predicted molar refractivity (Wildman–Crippen MR) is 119 cm³/mol. The summed E-state index contributed by atoms with van der Waals surface area (Å²) in [7, 11) is 0. The van der Waals surface area contributed by atoms with Crippen LogP contribution < -0.4 is 0 Å². The minimum absolute atomic E-state index is 0.868. The van der Waals surface area contributed by atoms with Crippen LogP contribution in [0.15, 0.2) is 42.0 Å². The summed E-state index contributed by atoms with van der Waals surface area (Å²) in [4.78, 5) is 0. The SMILES string of the molecule is C/C(=C\Cc1ccccc1)CCCC(C)CCCC(C)CCCC(C)C. The molecular formula is C26H44. The third-order valence-corrected chi connectivity index (χ3v) is 5.67. The molecule has 1 aromatic rings. The van der Waals surface area contributed by atoms with Crippen molar-refractivity contribution in [1.29, 1.82) is 0 Å². The van der Waals surface area contributed by atoms with Gasteiger partial charge in [0.1, 0.15) is 0 Å². The average Bonchev–Trinajstić information content (AvgIpc) is 2.60. The van der Waals surface area contributed by atoms with Crippen molar-refractivity contribution >= 4 is 0 Å². The Kier molecular flexibility index (Phi) is 12.4. The monoisotopic (exact) mass is 356 g/mol. The largest absolute Gasteiger partial charge is 0.0812 e. The van der Waals surface area contributed by atoms with E-state index < -0.39 is 0 Å². The van der Waals surface area contributed by atoms with Gasteiger partial charge in [0, 0.05) is 0 Å². The Labute approximate surface area is 164 Å². The zero-order chi connectivity index (χ0) is 19.2. The lowest BCUT2D eigenvalue weighted by Gasteiger charge is -2.15. The first-order chi connectivity index (χ1) is 12.5. The summed E-state index contributed by atoms with van der Waals surface area (Å²) in [5, 5.41) is 0. The Bertz CT molecular complexity index is 468. The molecule has 0 spiro atoms. The smallest absolute Gasteiger partial charge is 0.00949 e. The van der Waals surface area contributed by atoms with Crippen LogP contribution in [0.25, 0.3) is 0 Å². The molecule has 0 fully saturated rings. The van der Waals surface area contributed by atoms with E-state index in [1.165, 1.54) is 63.4 Å². The topological polar surface area (TPSA) is 0 Å². The first kappa shape index (κ1) is 23.0. The highest BCUT2D eigenvalue weighted by molar-refractivity contribution is 5.18. The Hall–Kier alpha value is -1.04. The molecule has 0 aromatic heterocycles. The van der Waals surface area contributed by atoms with Gasteiger partial charge in [-0.1, -0.05) is 115 Å². The van der Waals surface area contributed by atoms with E-state index in [9.17, 15) is 0 Å². The molecule has 1 aromatic carbocycles. The highest BCUT2D eigenvalue weighted by Crippen LogP contribution is 2.22. The van der Waals surface area contributed by atoms with E-state index in [4.69, 9.17) is 0 Å². The van der Waals surface area contributed by atoms with Crippen LogP contribution in [-0.2, 0) is 6.42 Å². The number of rotatable bonds is 14. The van der Waals surface area contributed by atoms with E-state index in [1.807, 2.05) is 0 Å². The highest BCUT2D eigenvalue weighted by atomic mass is 14.1. The minimum atomic E-state index is 0.868. The van der Waals surface area contributed by atoms with Crippen LogP contribution in [-0.4, -0.2) is 0 Å². The quantitative estimate of drug-likeness (QED) is 0.293. The number of hydrogen-bond acceptors (Lipinski definition) is 0. The summed E-state index contributed by atoms with van der Waals surface area (Å²) in [5.74, 6) is 2.68. The van der Waals surface area contributed by atoms with Gasteiger partial charge in [0.25, 0.3) is 0 Å². The maximum atomic E-state index is 2.45. The van der Waals surface area contributed by atoms with Crippen LogP contribution in [0, 0.1) is 17.8 Å². The lowest BCUT2D eigenvalue weighted by molar-refractivity contribution is 0.389. The second kappa shape index (κ2) is 14.1. The van der Waals surface area contributed by atoms with E-state index >= 15 is 0 Å². The van der Waals surface area contributed by atoms with Crippen molar-refractivity contribution in [2.24, 2.45) is 17.8 Å². The normalized spacial score (nSPS) is 14.6. The fraction of sp³-hybridized carbons (Fsp3) is 0.692. The van der Waals surface area contributed by atoms with Crippen LogP contribution >= 0.6 is 0 Å². The molecule has 26 heavy (non-hydrogen) atoms. The third kappa shape index (κ3) is 12.3. The lowest BCUT2D eigenvalue weighted by atomic mass is 9.91. The van der Waals surface area contributed by atoms with Crippen molar-refractivity contribution in [3.05, 3.63) is 47.5 Å². The molecule has 0 saturated carbocycles. The van der Waals surface area contributed by atoms with Crippen molar-refractivity contribution < 1.29 is 0 Å². The summed E-state index contributed by atoms with van der Waals surface area (Å²) < 4.78 is 0. The average molecular weight is 357 g/mol. The molecule has 0 aliphatic rings. The first-order valence-corrected chi connectivity index (χ1v) is 11.2. The van der Waals surface area contributed by atoms with Gasteiger partial charge in [-0.05, 0) is 49.5 Å². The number of benzene rings is 1. The van der Waals surface area contributed by atoms with E-state index in [-0.39, 0.29) is 0 Å². The molecule has 0 amide bonds. The van der Waals surface area contributed by atoms with Gasteiger partial charge >= 0.3 is 0 Å². The van der Waals surface area contributed by atoms with Gasteiger partial charge in [-0.3, -0.25) is 0 Å².